The average molecular weight is 839 g/mol. The van der Waals surface area contributed by atoms with Gasteiger partial charge in [0.1, 0.15) is 0 Å². The highest BCUT2D eigenvalue weighted by atomic mass is 80.0. The van der Waals surface area contributed by atoms with Gasteiger partial charge in [-0.2, -0.15) is 0 Å². The Morgan fingerprint density at radius 3 is 0.722 bits per heavy atom. The number of nitrogens with one attached hydrogen (secondary N) is 3. The molecule has 12 heteroatoms. The lowest BCUT2D eigenvalue weighted by atomic mass is 10.3. The average Bonchev–Trinajstić information content (AvgIpc) is 2.13. The summed E-state index contributed by atoms with van der Waals surface area (Å²) in [5.74, 6) is 0. The van der Waals surface area contributed by atoms with Crippen LogP contribution in [0.4, 0.5) is 0 Å². The van der Waals surface area contributed by atoms with Crippen LogP contribution in [-0.2, 0) is 0 Å². The van der Waals surface area contributed by atoms with Gasteiger partial charge in [-0.15, -0.1) is 0 Å². The van der Waals surface area contributed by atoms with E-state index in [2.05, 4.69) is 159 Å². The van der Waals surface area contributed by atoms with E-state index >= 15 is 0 Å². The third kappa shape index (κ3) is 6.37. The van der Waals surface area contributed by atoms with Gasteiger partial charge >= 0.3 is 0 Å². The van der Waals surface area contributed by atoms with Crippen LogP contribution < -0.4 is 16.0 Å². The van der Waals surface area contributed by atoms with Gasteiger partial charge in [0.15, 0.2) is 6.43 Å². The Morgan fingerprint density at radius 2 is 0.611 bits per heavy atom. The maximum atomic E-state index is 3.52. The Labute approximate surface area is 181 Å². The highest BCUT2D eigenvalue weighted by molar-refractivity contribution is 9.40. The molecule has 0 aliphatic carbocycles. The monoisotopic (exact) mass is 830 g/mol. The van der Waals surface area contributed by atoms with Crippen molar-refractivity contribution in [3.63, 3.8) is 0 Å². The van der Waals surface area contributed by atoms with E-state index in [1.165, 1.54) is 0 Å². The van der Waals surface area contributed by atoms with Gasteiger partial charge < -0.3 is 0 Å². The van der Waals surface area contributed by atoms with Crippen molar-refractivity contribution in [3.05, 3.63) is 0 Å². The van der Waals surface area contributed by atoms with Crippen molar-refractivity contribution in [2.24, 2.45) is 0 Å². The second-order valence-electron chi connectivity index (χ2n) is 3.42. The van der Waals surface area contributed by atoms with Gasteiger partial charge in [0.2, 0.25) is 0 Å². The van der Waals surface area contributed by atoms with E-state index in [-0.39, 0.29) is 18.5 Å². The van der Waals surface area contributed by atoms with Gasteiger partial charge in [-0.05, 0) is 0 Å². The van der Waals surface area contributed by atoms with Crippen molar-refractivity contribution in [1.82, 2.24) is 16.0 Å². The van der Waals surface area contributed by atoms with Crippen molar-refractivity contribution in [1.29, 1.82) is 0 Å². The molecule has 0 saturated carbocycles. The van der Waals surface area contributed by atoms with Crippen LogP contribution in [0.2, 0.25) is 0 Å². The van der Waals surface area contributed by atoms with E-state index in [1.807, 2.05) is 0 Å². The van der Waals surface area contributed by atoms with Gasteiger partial charge in [0.25, 0.3) is 0 Å². The summed E-state index contributed by atoms with van der Waals surface area (Å²) in [6.45, 7) is 0. The second-order valence-corrected chi connectivity index (χ2v) is 24.3. The van der Waals surface area contributed by atoms with E-state index in [0.29, 0.717) is 0 Å². The number of rotatable bonds is 0. The standard InChI is InChI=1S/C6H6Br9N3/c7-4(8,9)1-16-2(5(10,11)12)18-3(17-1)6(13,14)15/h1-3,16-18H. The van der Waals surface area contributed by atoms with Crippen molar-refractivity contribution in [2.75, 3.05) is 0 Å². The van der Waals surface area contributed by atoms with Crippen LogP contribution in [0, 0.1) is 0 Å². The van der Waals surface area contributed by atoms with Crippen LogP contribution in [0.25, 0.3) is 0 Å². The van der Waals surface area contributed by atoms with Crippen LogP contribution in [0.1, 0.15) is 0 Å². The van der Waals surface area contributed by atoms with Crippen molar-refractivity contribution < 1.29 is 0 Å². The molecule has 0 amide bonds. The van der Waals surface area contributed by atoms with Crippen LogP contribution in [-0.4, -0.2) is 24.9 Å². The molecule has 1 fully saturated rings. The molecule has 18 heavy (non-hydrogen) atoms. The molecule has 0 aromatic heterocycles. The predicted molar refractivity (Wildman–Crippen MR) is 109 cm³/mol. The molecular weight excluding hydrogens is 833 g/mol. The van der Waals surface area contributed by atoms with Crippen LogP contribution in [0.5, 0.6) is 0 Å². The molecule has 0 aromatic rings. The van der Waals surface area contributed by atoms with Gasteiger partial charge in [-0.3, -0.25) is 16.0 Å². The Hall–Kier alpha value is 4.20. The second kappa shape index (κ2) is 7.40. The maximum absolute atomic E-state index is 3.52. The molecule has 1 saturated heterocycles. The highest BCUT2D eigenvalue weighted by Crippen LogP contribution is 2.44. The lowest BCUT2D eigenvalue weighted by molar-refractivity contribution is 0.222. The van der Waals surface area contributed by atoms with E-state index in [4.69, 9.17) is 0 Å². The first-order chi connectivity index (χ1) is 7.82. The molecule has 1 rings (SSSR count). The molecule has 3 nitrogen and oxygen atoms in total. The third-order valence-corrected chi connectivity index (χ3v) is 6.10. The number of hydrogen-bond acceptors (Lipinski definition) is 3. The first kappa shape index (κ1) is 20.2. The molecule has 0 spiro atoms. The van der Waals surface area contributed by atoms with Crippen LogP contribution >= 0.6 is 143 Å². The van der Waals surface area contributed by atoms with Gasteiger partial charge in [0, 0.05) is 0 Å². The molecule has 3 N–H and O–H groups in total. The topological polar surface area (TPSA) is 36.1 Å². The first-order valence-corrected chi connectivity index (χ1v) is 11.4. The van der Waals surface area contributed by atoms with E-state index in [0.717, 1.165) is 0 Å². The zero-order chi connectivity index (χ0) is 14.4. The summed E-state index contributed by atoms with van der Waals surface area (Å²) in [6.07, 6.45) is -0.312. The quantitative estimate of drug-likeness (QED) is 0.292. The SMILES string of the molecule is BrC(Br)(Br)C1NC(C(Br)(Br)Br)NC(C(Br)(Br)Br)N1. The van der Waals surface area contributed by atoms with Crippen molar-refractivity contribution in [2.45, 2.75) is 24.9 Å². The first-order valence-electron chi connectivity index (χ1n) is 4.30. The number of alkyl halides is 9. The Morgan fingerprint density at radius 1 is 0.444 bits per heavy atom. The molecular formula is C6H6Br9N3. The summed E-state index contributed by atoms with van der Waals surface area (Å²) in [5, 5.41) is 10.1. The molecule has 108 valence electrons. The fraction of sp³-hybridized carbons (Fsp3) is 1.00. The minimum Gasteiger partial charge on any atom is -0.281 e. The summed E-state index contributed by atoms with van der Waals surface area (Å²) in [4.78, 5) is 0. The summed E-state index contributed by atoms with van der Waals surface area (Å²) in [6, 6.07) is 0. The van der Waals surface area contributed by atoms with Gasteiger partial charge in [0.05, 0.1) is 18.5 Å². The molecule has 0 unspecified atom stereocenters. The summed E-state index contributed by atoms with van der Waals surface area (Å²) < 4.78 is -1.45. The van der Waals surface area contributed by atoms with E-state index in [1.54, 1.807) is 0 Å². The van der Waals surface area contributed by atoms with Crippen LogP contribution in [0.3, 0.4) is 0 Å². The fourth-order valence-corrected chi connectivity index (χ4v) is 3.59. The highest BCUT2D eigenvalue weighted by Gasteiger charge is 2.47. The molecule has 1 aliphatic heterocycles. The van der Waals surface area contributed by atoms with Crippen LogP contribution in [0.15, 0.2) is 0 Å². The largest absolute Gasteiger partial charge is 0.281 e. The Kier molecular flexibility index (Phi) is 8.32. The van der Waals surface area contributed by atoms with Gasteiger partial charge in [-0.1, -0.05) is 143 Å². The molecule has 1 heterocycles. The van der Waals surface area contributed by atoms with E-state index in [9.17, 15) is 0 Å². The Balaban J connectivity index is 2.93. The third-order valence-electron chi connectivity index (χ3n) is 1.98. The molecule has 0 aromatic carbocycles. The Bertz CT molecular complexity index is 239. The summed E-state index contributed by atoms with van der Waals surface area (Å²) in [5.41, 5.74) is 0. The minimum atomic E-state index is -0.484. The normalized spacial score (nSPS) is 31.5. The lowest BCUT2D eigenvalue weighted by Gasteiger charge is -2.46. The molecule has 0 radical (unpaired) electrons. The minimum absolute atomic E-state index is 0.104. The number of hydrogen-bond donors (Lipinski definition) is 3. The summed E-state index contributed by atoms with van der Waals surface area (Å²) >= 11 is 31.7. The zero-order valence-corrected chi connectivity index (χ0v) is 22.4. The van der Waals surface area contributed by atoms with E-state index < -0.39 is 6.43 Å². The molecule has 0 atom stereocenters. The summed E-state index contributed by atoms with van der Waals surface area (Å²) in [7, 11) is 0. The van der Waals surface area contributed by atoms with Crippen molar-refractivity contribution >= 4 is 143 Å². The van der Waals surface area contributed by atoms with Gasteiger partial charge in [-0.25, -0.2) is 0 Å². The predicted octanol–water partition coefficient (Wildman–Crippen LogP) is 5.26. The molecule has 0 bridgehead atoms. The van der Waals surface area contributed by atoms with Crippen molar-refractivity contribution in [3.8, 4) is 0 Å². The fourth-order valence-electron chi connectivity index (χ4n) is 1.21. The zero-order valence-electron chi connectivity index (χ0n) is 8.13. The molecule has 1 aliphatic rings. The smallest absolute Gasteiger partial charge is 0.163 e. The number of halogens is 9. The maximum Gasteiger partial charge on any atom is 0.163 e. The lowest BCUT2D eigenvalue weighted by Crippen LogP contribution is -2.75.